The average molecular weight is 427 g/mol. The molecule has 0 saturated carbocycles. The first kappa shape index (κ1) is 21.5. The van der Waals surface area contributed by atoms with E-state index in [0.29, 0.717) is 5.92 Å². The normalized spacial score (nSPS) is 20.5. The molecule has 2 saturated heterocycles. The van der Waals surface area contributed by atoms with Gasteiger partial charge in [0.05, 0.1) is 11.0 Å². The highest BCUT2D eigenvalue weighted by Crippen LogP contribution is 2.25. The first-order valence-corrected chi connectivity index (χ1v) is 12.1. The highest BCUT2D eigenvalue weighted by Gasteiger charge is 2.28. The Kier molecular flexibility index (Phi) is 7.24. The number of thiophene rings is 1. The minimum atomic E-state index is 0.186. The summed E-state index contributed by atoms with van der Waals surface area (Å²) in [6, 6.07) is 12.7. The van der Waals surface area contributed by atoms with Gasteiger partial charge >= 0.3 is 0 Å². The lowest BCUT2D eigenvalue weighted by atomic mass is 9.95. The molecule has 0 unspecified atom stereocenters. The number of carbonyl (C=O) groups excluding carboxylic acids is 1. The van der Waals surface area contributed by atoms with Crippen LogP contribution in [-0.2, 0) is 11.3 Å². The molecule has 162 valence electrons. The Balaban J connectivity index is 1.34. The monoisotopic (exact) mass is 426 g/mol. The zero-order chi connectivity index (χ0) is 20.9. The van der Waals surface area contributed by atoms with Crippen LogP contribution in [0.3, 0.4) is 0 Å². The van der Waals surface area contributed by atoms with E-state index in [-0.39, 0.29) is 12.0 Å². The van der Waals surface area contributed by atoms with Crippen molar-refractivity contribution in [2.75, 3.05) is 32.8 Å². The molecule has 3 heterocycles. The van der Waals surface area contributed by atoms with Crippen molar-refractivity contribution in [3.05, 3.63) is 57.3 Å². The number of aryl methyl sites for hydroxylation is 2. The fourth-order valence-corrected chi connectivity index (χ4v) is 5.48. The maximum absolute atomic E-state index is 13.2. The largest absolute Gasteiger partial charge is 0.376 e. The molecule has 4 nitrogen and oxygen atoms in total. The summed E-state index contributed by atoms with van der Waals surface area (Å²) in [5.74, 6) is 0.760. The summed E-state index contributed by atoms with van der Waals surface area (Å²) < 4.78 is 5.86. The van der Waals surface area contributed by atoms with Crippen molar-refractivity contribution in [1.29, 1.82) is 0 Å². The number of carbonyl (C=O) groups is 1. The number of benzene rings is 1. The Morgan fingerprint density at radius 1 is 1.10 bits per heavy atom. The van der Waals surface area contributed by atoms with E-state index in [0.717, 1.165) is 69.9 Å². The molecule has 2 aliphatic rings. The zero-order valence-electron chi connectivity index (χ0n) is 18.3. The van der Waals surface area contributed by atoms with Crippen LogP contribution in [0.15, 0.2) is 36.4 Å². The predicted octanol–water partition coefficient (Wildman–Crippen LogP) is 4.90. The second-order valence-electron chi connectivity index (χ2n) is 8.90. The molecule has 4 rings (SSSR count). The Bertz CT molecular complexity index is 835. The lowest BCUT2D eigenvalue weighted by Gasteiger charge is -2.35. The summed E-state index contributed by atoms with van der Waals surface area (Å²) in [5, 5.41) is 0. The molecule has 0 spiro atoms. The minimum absolute atomic E-state index is 0.186. The van der Waals surface area contributed by atoms with Gasteiger partial charge in [0, 0.05) is 31.1 Å². The van der Waals surface area contributed by atoms with Crippen molar-refractivity contribution < 1.29 is 9.53 Å². The van der Waals surface area contributed by atoms with Gasteiger partial charge in [-0.3, -0.25) is 9.69 Å². The third-order valence-electron chi connectivity index (χ3n) is 6.53. The van der Waals surface area contributed by atoms with Gasteiger partial charge in [0.15, 0.2) is 0 Å². The van der Waals surface area contributed by atoms with Crippen LogP contribution in [0.4, 0.5) is 0 Å². The van der Waals surface area contributed by atoms with Crippen LogP contribution in [-0.4, -0.2) is 54.6 Å². The fraction of sp³-hybridized carbons (Fsp3) is 0.560. The van der Waals surface area contributed by atoms with Crippen LogP contribution in [0.25, 0.3) is 0 Å². The number of hydrogen-bond acceptors (Lipinski definition) is 4. The third kappa shape index (κ3) is 5.51. The standard InChI is InChI=1S/C25H34N2O2S/c1-19-6-3-4-7-22(19)17-26-13-11-21(12-14-26)16-27(18-23-8-5-15-29-23)25(28)24-10-9-20(2)30-24/h3-4,6-7,9-10,21,23H,5,8,11-18H2,1-2H3/t23-/m1/s1. The van der Waals surface area contributed by atoms with E-state index >= 15 is 0 Å². The molecule has 2 fully saturated rings. The predicted molar refractivity (Wildman–Crippen MR) is 123 cm³/mol. The van der Waals surface area contributed by atoms with Crippen molar-refractivity contribution in [2.45, 2.75) is 52.2 Å². The van der Waals surface area contributed by atoms with Gasteiger partial charge < -0.3 is 9.64 Å². The van der Waals surface area contributed by atoms with Crippen molar-refractivity contribution in [3.63, 3.8) is 0 Å². The molecule has 0 aliphatic carbocycles. The topological polar surface area (TPSA) is 32.8 Å². The van der Waals surface area contributed by atoms with Gasteiger partial charge in [-0.15, -0.1) is 11.3 Å². The van der Waals surface area contributed by atoms with E-state index < -0.39 is 0 Å². The van der Waals surface area contributed by atoms with Crippen LogP contribution in [0.1, 0.15) is 51.4 Å². The maximum atomic E-state index is 13.2. The van der Waals surface area contributed by atoms with Crippen LogP contribution < -0.4 is 0 Å². The van der Waals surface area contributed by atoms with E-state index in [1.54, 1.807) is 11.3 Å². The molecule has 5 heteroatoms. The van der Waals surface area contributed by atoms with E-state index in [1.165, 1.54) is 16.0 Å². The fourth-order valence-electron chi connectivity index (χ4n) is 4.65. The summed E-state index contributed by atoms with van der Waals surface area (Å²) >= 11 is 1.61. The Labute approximate surface area is 184 Å². The highest BCUT2D eigenvalue weighted by molar-refractivity contribution is 7.13. The average Bonchev–Trinajstić information content (AvgIpc) is 3.42. The van der Waals surface area contributed by atoms with E-state index in [9.17, 15) is 4.79 Å². The van der Waals surface area contributed by atoms with E-state index in [1.807, 2.05) is 12.1 Å². The third-order valence-corrected chi connectivity index (χ3v) is 7.52. The molecule has 2 aromatic rings. The van der Waals surface area contributed by atoms with E-state index in [2.05, 4.69) is 47.9 Å². The van der Waals surface area contributed by atoms with E-state index in [4.69, 9.17) is 4.74 Å². The lowest BCUT2D eigenvalue weighted by molar-refractivity contribution is 0.0448. The summed E-state index contributed by atoms with van der Waals surface area (Å²) in [5.41, 5.74) is 2.80. The summed E-state index contributed by atoms with van der Waals surface area (Å²) in [4.78, 5) is 19.9. The number of amides is 1. The summed E-state index contributed by atoms with van der Waals surface area (Å²) in [7, 11) is 0. The number of likely N-dealkylation sites (tertiary alicyclic amines) is 1. The molecule has 0 bridgehead atoms. The van der Waals surface area contributed by atoms with Crippen molar-refractivity contribution in [2.24, 2.45) is 5.92 Å². The van der Waals surface area contributed by atoms with Gasteiger partial charge in [-0.2, -0.15) is 0 Å². The second kappa shape index (κ2) is 10.1. The Morgan fingerprint density at radius 3 is 2.57 bits per heavy atom. The Morgan fingerprint density at radius 2 is 1.90 bits per heavy atom. The summed E-state index contributed by atoms with van der Waals surface area (Å²) in [6.45, 7) is 9.94. The van der Waals surface area contributed by atoms with Crippen LogP contribution in [0.5, 0.6) is 0 Å². The number of piperidine rings is 1. The lowest BCUT2D eigenvalue weighted by Crippen LogP contribution is -2.43. The van der Waals surface area contributed by atoms with Crippen LogP contribution in [0, 0.1) is 19.8 Å². The van der Waals surface area contributed by atoms with Gasteiger partial charge in [-0.1, -0.05) is 24.3 Å². The SMILES string of the molecule is Cc1ccc(C(=O)N(CC2CCN(Cc3ccccc3C)CC2)C[C@H]2CCCO2)s1. The highest BCUT2D eigenvalue weighted by atomic mass is 32.1. The zero-order valence-corrected chi connectivity index (χ0v) is 19.1. The summed E-state index contributed by atoms with van der Waals surface area (Å²) in [6.07, 6.45) is 4.70. The number of rotatable bonds is 7. The van der Waals surface area contributed by atoms with Gasteiger partial charge in [-0.05, 0) is 81.8 Å². The molecular weight excluding hydrogens is 392 g/mol. The molecule has 2 aliphatic heterocycles. The quantitative estimate of drug-likeness (QED) is 0.631. The number of hydrogen-bond donors (Lipinski definition) is 0. The van der Waals surface area contributed by atoms with Gasteiger partial charge in [-0.25, -0.2) is 0 Å². The van der Waals surface area contributed by atoms with Gasteiger partial charge in [0.1, 0.15) is 0 Å². The molecule has 0 N–H and O–H groups in total. The second-order valence-corrected chi connectivity index (χ2v) is 10.2. The molecule has 1 aromatic carbocycles. The van der Waals surface area contributed by atoms with Crippen molar-refractivity contribution in [1.82, 2.24) is 9.80 Å². The van der Waals surface area contributed by atoms with Crippen LogP contribution in [0.2, 0.25) is 0 Å². The van der Waals surface area contributed by atoms with Crippen LogP contribution >= 0.6 is 11.3 Å². The van der Waals surface area contributed by atoms with Gasteiger partial charge in [0.25, 0.3) is 5.91 Å². The van der Waals surface area contributed by atoms with Crippen molar-refractivity contribution in [3.8, 4) is 0 Å². The first-order valence-electron chi connectivity index (χ1n) is 11.3. The molecule has 30 heavy (non-hydrogen) atoms. The molecule has 1 aromatic heterocycles. The minimum Gasteiger partial charge on any atom is -0.376 e. The number of ether oxygens (including phenoxy) is 1. The molecule has 1 atom stereocenters. The molecule has 0 radical (unpaired) electrons. The maximum Gasteiger partial charge on any atom is 0.264 e. The molecular formula is C25H34N2O2S. The van der Waals surface area contributed by atoms with Gasteiger partial charge in [0.2, 0.25) is 0 Å². The smallest absolute Gasteiger partial charge is 0.264 e. The number of nitrogens with zero attached hydrogens (tertiary/aromatic N) is 2. The molecule has 1 amide bonds. The van der Waals surface area contributed by atoms with Crippen molar-refractivity contribution >= 4 is 17.2 Å². The first-order chi connectivity index (χ1) is 14.6. The Hall–Kier alpha value is -1.69.